The first-order valence-corrected chi connectivity index (χ1v) is 6.75. The number of nitrogen functional groups attached to an aromatic ring is 1. The summed E-state index contributed by atoms with van der Waals surface area (Å²) in [7, 11) is -3.79. The Morgan fingerprint density at radius 2 is 2.17 bits per heavy atom. The number of anilines is 1. The number of hydrogen-bond donors (Lipinski definition) is 2. The summed E-state index contributed by atoms with van der Waals surface area (Å²) in [5.74, 6) is -1.44. The molecule has 3 N–H and O–H groups in total. The maximum absolute atomic E-state index is 12.0. The highest BCUT2D eigenvalue weighted by Crippen LogP contribution is 2.22. The van der Waals surface area contributed by atoms with Crippen LogP contribution in [0, 0.1) is 18.3 Å². The van der Waals surface area contributed by atoms with Crippen molar-refractivity contribution < 1.29 is 13.2 Å². The average Bonchev–Trinajstić information content (AvgIpc) is 2.29. The fraction of sp³-hybridized carbons (Fsp3) is 0.273. The summed E-state index contributed by atoms with van der Waals surface area (Å²) in [6.45, 7) is 1.46. The Bertz CT molecular complexity index is 602. The third-order valence-corrected chi connectivity index (χ3v) is 3.97. The summed E-state index contributed by atoms with van der Waals surface area (Å²) >= 11 is 0. The Morgan fingerprint density at radius 3 is 2.78 bits per heavy atom. The molecule has 0 saturated carbocycles. The van der Waals surface area contributed by atoms with Gasteiger partial charge in [-0.25, -0.2) is 8.42 Å². The monoisotopic (exact) mass is 267 g/mol. The number of sulfone groups is 1. The Labute approximate surface area is 105 Å². The first kappa shape index (κ1) is 14.0. The van der Waals surface area contributed by atoms with Crippen molar-refractivity contribution in [3.05, 3.63) is 23.8 Å². The van der Waals surface area contributed by atoms with Gasteiger partial charge in [-0.2, -0.15) is 5.26 Å². The van der Waals surface area contributed by atoms with Crippen LogP contribution in [0.5, 0.6) is 0 Å². The molecular formula is C11H13N3O3S. The molecule has 0 aliphatic rings. The predicted molar refractivity (Wildman–Crippen MR) is 66.3 cm³/mol. The number of rotatable bonds is 4. The largest absolute Gasteiger partial charge is 0.397 e. The molecule has 0 aliphatic carbocycles. The molecule has 1 rings (SSSR count). The van der Waals surface area contributed by atoms with Gasteiger partial charge in [-0.15, -0.1) is 0 Å². The van der Waals surface area contributed by atoms with Crippen molar-refractivity contribution in [3.8, 4) is 6.07 Å². The predicted octanol–water partition coefficient (Wildman–Crippen LogP) is -0.00930. The highest BCUT2D eigenvalue weighted by molar-refractivity contribution is 7.92. The first-order valence-electron chi connectivity index (χ1n) is 5.10. The number of nitrogens with two attached hydrogens (primary N) is 1. The molecule has 0 fully saturated rings. The Balaban J connectivity index is 2.98. The smallest absolute Gasteiger partial charge is 0.236 e. The third kappa shape index (κ3) is 3.21. The number of hydrogen-bond acceptors (Lipinski definition) is 5. The second kappa shape index (κ2) is 5.51. The molecule has 7 heteroatoms. The van der Waals surface area contributed by atoms with Crippen LogP contribution >= 0.6 is 0 Å². The number of carbonyl (C=O) groups excluding carboxylic acids is 1. The summed E-state index contributed by atoms with van der Waals surface area (Å²) in [6.07, 6.45) is 0. The van der Waals surface area contributed by atoms with Crippen LogP contribution in [0.1, 0.15) is 5.56 Å². The van der Waals surface area contributed by atoms with Crippen LogP contribution in [0.25, 0.3) is 0 Å². The van der Waals surface area contributed by atoms with Crippen LogP contribution < -0.4 is 11.1 Å². The highest BCUT2D eigenvalue weighted by atomic mass is 32.2. The topological polar surface area (TPSA) is 113 Å². The second-order valence-electron chi connectivity index (χ2n) is 3.68. The Kier molecular flexibility index (Phi) is 4.28. The first-order chi connectivity index (χ1) is 8.38. The highest BCUT2D eigenvalue weighted by Gasteiger charge is 2.22. The number of para-hydroxylation sites is 1. The van der Waals surface area contributed by atoms with Gasteiger partial charge in [-0.05, 0) is 18.6 Å². The zero-order valence-corrected chi connectivity index (χ0v) is 10.6. The molecule has 96 valence electrons. The van der Waals surface area contributed by atoms with E-state index in [2.05, 4.69) is 5.32 Å². The summed E-state index contributed by atoms with van der Waals surface area (Å²) in [6, 6.07) is 6.30. The molecule has 0 atom stereocenters. The molecule has 0 bridgehead atoms. The molecule has 0 unspecified atom stereocenters. The van der Waals surface area contributed by atoms with Gasteiger partial charge in [0.15, 0.2) is 9.84 Å². The van der Waals surface area contributed by atoms with Gasteiger partial charge in [0.1, 0.15) is 12.3 Å². The Hall–Kier alpha value is -2.07. The molecule has 1 amide bonds. The van der Waals surface area contributed by atoms with Crippen molar-refractivity contribution in [2.45, 2.75) is 11.8 Å². The van der Waals surface area contributed by atoms with Crippen molar-refractivity contribution in [3.63, 3.8) is 0 Å². The maximum atomic E-state index is 12.0. The van der Waals surface area contributed by atoms with E-state index in [1.165, 1.54) is 6.07 Å². The average molecular weight is 267 g/mol. The van der Waals surface area contributed by atoms with E-state index < -0.39 is 21.5 Å². The molecule has 1 aromatic rings. The normalized spacial score (nSPS) is 10.7. The van der Waals surface area contributed by atoms with Gasteiger partial charge in [-0.1, -0.05) is 12.1 Å². The summed E-state index contributed by atoms with van der Waals surface area (Å²) < 4.78 is 23.9. The number of carbonyl (C=O) groups is 1. The summed E-state index contributed by atoms with van der Waals surface area (Å²) in [5.41, 5.74) is 6.46. The van der Waals surface area contributed by atoms with Crippen molar-refractivity contribution in [1.82, 2.24) is 5.32 Å². The lowest BCUT2D eigenvalue weighted by molar-refractivity contribution is -0.118. The zero-order valence-electron chi connectivity index (χ0n) is 9.80. The quantitative estimate of drug-likeness (QED) is 0.588. The number of benzene rings is 1. The van der Waals surface area contributed by atoms with E-state index in [1.54, 1.807) is 25.1 Å². The van der Waals surface area contributed by atoms with E-state index in [0.717, 1.165) is 0 Å². The minimum Gasteiger partial charge on any atom is -0.397 e. The minimum atomic E-state index is -3.79. The number of nitriles is 1. The lowest BCUT2D eigenvalue weighted by Crippen LogP contribution is -2.30. The second-order valence-corrected chi connectivity index (χ2v) is 5.64. The van der Waals surface area contributed by atoms with Crippen LogP contribution in [0.2, 0.25) is 0 Å². The van der Waals surface area contributed by atoms with Gasteiger partial charge in [0.2, 0.25) is 5.91 Å². The maximum Gasteiger partial charge on any atom is 0.236 e. The summed E-state index contributed by atoms with van der Waals surface area (Å²) in [4.78, 5) is 11.2. The number of amides is 1. The van der Waals surface area contributed by atoms with Crippen molar-refractivity contribution >= 4 is 21.4 Å². The molecule has 0 aliphatic heterocycles. The van der Waals surface area contributed by atoms with Crippen molar-refractivity contribution in [2.75, 3.05) is 18.0 Å². The van der Waals surface area contributed by atoms with Crippen LogP contribution in [0.3, 0.4) is 0 Å². The van der Waals surface area contributed by atoms with Gasteiger partial charge < -0.3 is 11.1 Å². The molecule has 0 heterocycles. The molecule has 1 aromatic carbocycles. The number of aryl methyl sites for hydroxylation is 1. The van der Waals surface area contributed by atoms with E-state index in [0.29, 0.717) is 5.56 Å². The van der Waals surface area contributed by atoms with E-state index in [1.807, 2.05) is 0 Å². The SMILES string of the molecule is Cc1cccc(S(=O)(=O)CC(=O)NCC#N)c1N. The van der Waals surface area contributed by atoms with Gasteiger partial charge in [-0.3, -0.25) is 4.79 Å². The molecular weight excluding hydrogens is 254 g/mol. The lowest BCUT2D eigenvalue weighted by Gasteiger charge is -2.09. The van der Waals surface area contributed by atoms with Crippen LogP contribution in [-0.4, -0.2) is 26.6 Å². The Morgan fingerprint density at radius 1 is 1.50 bits per heavy atom. The van der Waals surface area contributed by atoms with Crippen molar-refractivity contribution in [2.24, 2.45) is 0 Å². The third-order valence-electron chi connectivity index (χ3n) is 2.30. The van der Waals surface area contributed by atoms with Gasteiger partial charge in [0.05, 0.1) is 16.7 Å². The fourth-order valence-corrected chi connectivity index (χ4v) is 2.75. The minimum absolute atomic E-state index is 0.0605. The number of nitrogens with one attached hydrogen (secondary N) is 1. The molecule has 6 nitrogen and oxygen atoms in total. The van der Waals surface area contributed by atoms with Crippen LogP contribution in [0.15, 0.2) is 23.1 Å². The van der Waals surface area contributed by atoms with Crippen LogP contribution in [0.4, 0.5) is 5.69 Å². The fourth-order valence-electron chi connectivity index (χ4n) is 1.36. The van der Waals surface area contributed by atoms with Crippen LogP contribution in [-0.2, 0) is 14.6 Å². The van der Waals surface area contributed by atoms with Gasteiger partial charge in [0, 0.05) is 0 Å². The van der Waals surface area contributed by atoms with Gasteiger partial charge >= 0.3 is 0 Å². The van der Waals surface area contributed by atoms with Gasteiger partial charge in [0.25, 0.3) is 0 Å². The molecule has 0 aromatic heterocycles. The molecule has 18 heavy (non-hydrogen) atoms. The number of nitrogens with zero attached hydrogens (tertiary/aromatic N) is 1. The van der Waals surface area contributed by atoms with E-state index in [-0.39, 0.29) is 17.1 Å². The molecule has 0 saturated heterocycles. The standard InChI is InChI=1S/C11H13N3O3S/c1-8-3-2-4-9(11(8)13)18(16,17)7-10(15)14-6-5-12/h2-4H,6-7,13H2,1H3,(H,14,15). The van der Waals surface area contributed by atoms with E-state index >= 15 is 0 Å². The van der Waals surface area contributed by atoms with Crippen molar-refractivity contribution in [1.29, 1.82) is 5.26 Å². The van der Waals surface area contributed by atoms with E-state index in [9.17, 15) is 13.2 Å². The zero-order chi connectivity index (χ0) is 13.8. The summed E-state index contributed by atoms with van der Waals surface area (Å²) in [5, 5.41) is 10.4. The van der Waals surface area contributed by atoms with E-state index in [4.69, 9.17) is 11.0 Å². The molecule has 0 radical (unpaired) electrons. The lowest BCUT2D eigenvalue weighted by atomic mass is 10.2. The molecule has 0 spiro atoms.